The first-order valence-corrected chi connectivity index (χ1v) is 6.89. The normalized spacial score (nSPS) is 17.4. The van der Waals surface area contributed by atoms with E-state index in [4.69, 9.17) is 4.42 Å². The van der Waals surface area contributed by atoms with E-state index in [9.17, 15) is 4.79 Å². The third-order valence-electron chi connectivity index (χ3n) is 3.79. The van der Waals surface area contributed by atoms with Gasteiger partial charge in [0.05, 0.1) is 12.1 Å². The smallest absolute Gasteiger partial charge is 0.234 e. The van der Waals surface area contributed by atoms with E-state index in [2.05, 4.69) is 18.0 Å². The molecule has 2 aromatic rings. The first kappa shape index (κ1) is 12.9. The molecule has 0 N–H and O–H groups in total. The summed E-state index contributed by atoms with van der Waals surface area (Å²) in [5.41, 5.74) is 3.06. The molecule has 104 valence electrons. The number of benzene rings is 1. The molecule has 1 unspecified atom stereocenters. The van der Waals surface area contributed by atoms with Gasteiger partial charge in [0.1, 0.15) is 5.76 Å². The molecule has 0 bridgehead atoms. The number of fused-ring (bicyclic) bond motifs is 1. The molecule has 0 fully saturated rings. The van der Waals surface area contributed by atoms with Crippen LogP contribution >= 0.6 is 0 Å². The molecular weight excluding hydrogens is 252 g/mol. The van der Waals surface area contributed by atoms with Crippen molar-refractivity contribution in [1.82, 2.24) is 4.98 Å². The minimum atomic E-state index is 0.0710. The zero-order chi connectivity index (χ0) is 14.3. The monoisotopic (exact) mass is 270 g/mol. The second-order valence-corrected chi connectivity index (χ2v) is 5.36. The molecule has 1 aromatic carbocycles. The third-order valence-corrected chi connectivity index (χ3v) is 3.79. The Kier molecular flexibility index (Phi) is 3.08. The fourth-order valence-corrected chi connectivity index (χ4v) is 2.91. The first-order chi connectivity index (χ1) is 9.56. The van der Waals surface area contributed by atoms with Crippen LogP contribution in [0.2, 0.25) is 0 Å². The fourth-order valence-electron chi connectivity index (χ4n) is 2.91. The van der Waals surface area contributed by atoms with E-state index >= 15 is 0 Å². The van der Waals surface area contributed by atoms with Crippen LogP contribution in [0, 0.1) is 13.8 Å². The van der Waals surface area contributed by atoms with E-state index in [1.807, 2.05) is 30.0 Å². The van der Waals surface area contributed by atoms with Gasteiger partial charge in [0.15, 0.2) is 5.89 Å². The van der Waals surface area contributed by atoms with Crippen LogP contribution in [0.15, 0.2) is 28.7 Å². The van der Waals surface area contributed by atoms with Gasteiger partial charge in [0.25, 0.3) is 0 Å². The molecule has 1 aromatic heterocycles. The highest BCUT2D eigenvalue weighted by Crippen LogP contribution is 2.32. The summed E-state index contributed by atoms with van der Waals surface area (Å²) in [6, 6.07) is 8.28. The van der Waals surface area contributed by atoms with Crippen molar-refractivity contribution in [3.8, 4) is 0 Å². The largest absolute Gasteiger partial charge is 0.445 e. The fraction of sp³-hybridized carbons (Fsp3) is 0.375. The first-order valence-electron chi connectivity index (χ1n) is 6.89. The van der Waals surface area contributed by atoms with Crippen molar-refractivity contribution in [2.24, 2.45) is 0 Å². The van der Waals surface area contributed by atoms with Crippen LogP contribution in [0.4, 0.5) is 5.69 Å². The number of aryl methyl sites for hydroxylation is 2. The molecule has 0 radical (unpaired) electrons. The number of nitrogens with zero attached hydrogens (tertiary/aromatic N) is 2. The molecular formula is C16H18N2O2. The van der Waals surface area contributed by atoms with Crippen LogP contribution < -0.4 is 4.90 Å². The van der Waals surface area contributed by atoms with Gasteiger partial charge >= 0.3 is 0 Å². The highest BCUT2D eigenvalue weighted by Gasteiger charge is 2.31. The molecule has 20 heavy (non-hydrogen) atoms. The van der Waals surface area contributed by atoms with Gasteiger partial charge in [0, 0.05) is 18.7 Å². The summed E-state index contributed by atoms with van der Waals surface area (Å²) in [5, 5.41) is 0. The van der Waals surface area contributed by atoms with Crippen LogP contribution in [-0.2, 0) is 17.6 Å². The Hall–Kier alpha value is -2.10. The highest BCUT2D eigenvalue weighted by atomic mass is 16.4. The van der Waals surface area contributed by atoms with Crippen molar-refractivity contribution in [3.63, 3.8) is 0 Å². The zero-order valence-electron chi connectivity index (χ0n) is 12.0. The predicted molar refractivity (Wildman–Crippen MR) is 76.8 cm³/mol. The van der Waals surface area contributed by atoms with E-state index in [0.717, 1.165) is 17.8 Å². The second kappa shape index (κ2) is 4.78. The molecule has 2 heterocycles. The number of carbonyl (C=O) groups is 1. The average molecular weight is 270 g/mol. The predicted octanol–water partition coefficient (Wildman–Crippen LogP) is 2.81. The summed E-state index contributed by atoms with van der Waals surface area (Å²) in [6.45, 7) is 5.76. The molecule has 1 amide bonds. The van der Waals surface area contributed by atoms with Gasteiger partial charge in [-0.15, -0.1) is 0 Å². The highest BCUT2D eigenvalue weighted by molar-refractivity contribution is 5.97. The quantitative estimate of drug-likeness (QED) is 0.843. The summed E-state index contributed by atoms with van der Waals surface area (Å²) in [5.74, 6) is 1.35. The Morgan fingerprint density at radius 1 is 1.40 bits per heavy atom. The van der Waals surface area contributed by atoms with E-state index in [-0.39, 0.29) is 18.4 Å². The Morgan fingerprint density at radius 3 is 2.85 bits per heavy atom. The summed E-state index contributed by atoms with van der Waals surface area (Å²) in [6.07, 6.45) is 1.18. The molecule has 1 aliphatic heterocycles. The summed E-state index contributed by atoms with van der Waals surface area (Å²) < 4.78 is 5.51. The third kappa shape index (κ3) is 2.11. The lowest BCUT2D eigenvalue weighted by molar-refractivity contribution is -0.118. The maximum atomic E-state index is 12.6. The van der Waals surface area contributed by atoms with Crippen molar-refractivity contribution in [1.29, 1.82) is 0 Å². The number of para-hydroxylation sites is 1. The van der Waals surface area contributed by atoms with Gasteiger partial charge in [-0.25, -0.2) is 4.98 Å². The Morgan fingerprint density at radius 2 is 2.15 bits per heavy atom. The van der Waals surface area contributed by atoms with Crippen LogP contribution in [-0.4, -0.2) is 16.9 Å². The number of hydrogen-bond acceptors (Lipinski definition) is 3. The second-order valence-electron chi connectivity index (χ2n) is 5.36. The number of hydrogen-bond donors (Lipinski definition) is 0. The zero-order valence-corrected chi connectivity index (χ0v) is 12.0. The molecule has 3 rings (SSSR count). The molecule has 1 aliphatic rings. The van der Waals surface area contributed by atoms with Crippen molar-refractivity contribution in [2.75, 3.05) is 4.90 Å². The maximum absolute atomic E-state index is 12.6. The van der Waals surface area contributed by atoms with Crippen molar-refractivity contribution < 1.29 is 9.21 Å². The summed E-state index contributed by atoms with van der Waals surface area (Å²) in [4.78, 5) is 18.7. The molecule has 1 atom stereocenters. The summed E-state index contributed by atoms with van der Waals surface area (Å²) >= 11 is 0. The number of carbonyl (C=O) groups excluding carboxylic acids is 1. The molecule has 0 saturated heterocycles. The van der Waals surface area contributed by atoms with Gasteiger partial charge < -0.3 is 9.32 Å². The van der Waals surface area contributed by atoms with Crippen LogP contribution in [0.3, 0.4) is 0 Å². The lowest BCUT2D eigenvalue weighted by Crippen LogP contribution is -2.36. The molecule has 4 nitrogen and oxygen atoms in total. The number of aromatic nitrogens is 1. The summed E-state index contributed by atoms with van der Waals surface area (Å²) in [7, 11) is 0. The Labute approximate surface area is 118 Å². The molecule has 0 spiro atoms. The maximum Gasteiger partial charge on any atom is 0.234 e. The van der Waals surface area contributed by atoms with Crippen LogP contribution in [0.25, 0.3) is 0 Å². The lowest BCUT2D eigenvalue weighted by Gasteiger charge is -2.22. The van der Waals surface area contributed by atoms with Gasteiger partial charge in [-0.05, 0) is 31.9 Å². The van der Waals surface area contributed by atoms with Gasteiger partial charge in [-0.3, -0.25) is 4.79 Å². The lowest BCUT2D eigenvalue weighted by atomic mass is 10.1. The van der Waals surface area contributed by atoms with Crippen molar-refractivity contribution >= 4 is 11.6 Å². The van der Waals surface area contributed by atoms with Crippen molar-refractivity contribution in [2.45, 2.75) is 39.7 Å². The van der Waals surface area contributed by atoms with Gasteiger partial charge in [-0.2, -0.15) is 0 Å². The molecule has 4 heteroatoms. The van der Waals surface area contributed by atoms with E-state index < -0.39 is 0 Å². The number of rotatable bonds is 2. The van der Waals surface area contributed by atoms with Gasteiger partial charge in [-0.1, -0.05) is 18.2 Å². The van der Waals surface area contributed by atoms with Crippen LogP contribution in [0.5, 0.6) is 0 Å². The molecule has 0 saturated carbocycles. The Bertz CT molecular complexity index is 660. The number of oxazole rings is 1. The van der Waals surface area contributed by atoms with E-state index in [1.165, 1.54) is 5.56 Å². The number of amides is 1. The SMILES string of the molecule is Cc1nc(C)c(CC(=O)N2c3ccccc3CC2C)o1. The minimum Gasteiger partial charge on any atom is -0.445 e. The minimum absolute atomic E-state index is 0.0710. The van der Waals surface area contributed by atoms with E-state index in [0.29, 0.717) is 11.7 Å². The van der Waals surface area contributed by atoms with Gasteiger partial charge in [0.2, 0.25) is 5.91 Å². The van der Waals surface area contributed by atoms with E-state index in [1.54, 1.807) is 6.92 Å². The average Bonchev–Trinajstić information content (AvgIpc) is 2.88. The standard InChI is InChI=1S/C16H18N2O2/c1-10-8-13-6-4-5-7-14(13)18(10)16(19)9-15-11(2)17-12(3)20-15/h4-7,10H,8-9H2,1-3H3. The number of anilines is 1. The topological polar surface area (TPSA) is 46.3 Å². The molecule has 0 aliphatic carbocycles. The Balaban J connectivity index is 1.86. The van der Waals surface area contributed by atoms with Crippen molar-refractivity contribution in [3.05, 3.63) is 47.2 Å². The van der Waals surface area contributed by atoms with Crippen LogP contribution in [0.1, 0.15) is 29.8 Å².